The van der Waals surface area contributed by atoms with Gasteiger partial charge in [0.2, 0.25) is 5.43 Å². The van der Waals surface area contributed by atoms with Crippen LogP contribution >= 0.6 is 0 Å². The molecule has 2 aromatic heterocycles. The first-order valence-electron chi connectivity index (χ1n) is 9.43. The van der Waals surface area contributed by atoms with Crippen molar-refractivity contribution in [2.45, 2.75) is 20.3 Å². The van der Waals surface area contributed by atoms with Crippen LogP contribution in [0.2, 0.25) is 0 Å². The Labute approximate surface area is 168 Å². The minimum absolute atomic E-state index is 0.126. The molecular weight excluding hydrogens is 366 g/mol. The maximum atomic E-state index is 13.5. The van der Waals surface area contributed by atoms with E-state index < -0.39 is 0 Å². The number of aromatic amines is 1. The molecule has 5 nitrogen and oxygen atoms in total. The van der Waals surface area contributed by atoms with Crippen molar-refractivity contribution in [2.24, 2.45) is 0 Å². The quantitative estimate of drug-likeness (QED) is 0.460. The van der Waals surface area contributed by atoms with E-state index in [1.165, 1.54) is 11.8 Å². The first kappa shape index (κ1) is 18.9. The van der Waals surface area contributed by atoms with Gasteiger partial charge in [-0.25, -0.2) is 0 Å². The van der Waals surface area contributed by atoms with Crippen LogP contribution in [-0.4, -0.2) is 19.2 Å². The summed E-state index contributed by atoms with van der Waals surface area (Å²) < 4.78 is 17.1. The average molecular weight is 389 g/mol. The highest BCUT2D eigenvalue weighted by molar-refractivity contribution is 5.92. The second-order valence-corrected chi connectivity index (χ2v) is 7.21. The Morgan fingerprint density at radius 2 is 1.97 bits per heavy atom. The van der Waals surface area contributed by atoms with Gasteiger partial charge >= 0.3 is 0 Å². The van der Waals surface area contributed by atoms with E-state index in [1.807, 2.05) is 44.3 Å². The van der Waals surface area contributed by atoms with Crippen LogP contribution in [-0.2, 0) is 6.42 Å². The van der Waals surface area contributed by atoms with E-state index in [0.29, 0.717) is 34.5 Å². The van der Waals surface area contributed by atoms with Gasteiger partial charge in [-0.05, 0) is 49.4 Å². The summed E-state index contributed by atoms with van der Waals surface area (Å²) in [6.45, 7) is 4.06. The van der Waals surface area contributed by atoms with Gasteiger partial charge in [0.25, 0.3) is 0 Å². The normalized spacial score (nSPS) is 11.0. The van der Waals surface area contributed by atoms with E-state index in [2.05, 4.69) is 11.1 Å². The zero-order valence-electron chi connectivity index (χ0n) is 17.0. The van der Waals surface area contributed by atoms with E-state index >= 15 is 0 Å². The Hall–Kier alpha value is -3.47. The van der Waals surface area contributed by atoms with E-state index in [1.54, 1.807) is 20.3 Å². The molecule has 1 N–H and O–H groups in total. The maximum Gasteiger partial charge on any atom is 0.204 e. The third kappa shape index (κ3) is 3.29. The number of fused-ring (bicyclic) bond motifs is 2. The molecule has 2 aromatic carbocycles. The lowest BCUT2D eigenvalue weighted by Crippen LogP contribution is -2.09. The molecule has 0 aliphatic carbocycles. The number of rotatable bonds is 5. The summed E-state index contributed by atoms with van der Waals surface area (Å²) >= 11 is 0. The van der Waals surface area contributed by atoms with Crippen molar-refractivity contribution in [1.29, 1.82) is 0 Å². The largest absolute Gasteiger partial charge is 0.496 e. The van der Waals surface area contributed by atoms with Crippen LogP contribution in [0.15, 0.2) is 63.7 Å². The molecule has 0 radical (unpaired) electrons. The SMILES string of the molecule is COc1cc2occ(-c3ccc4[nH]ccc4c3)c(=O)c2c(OC)c1CC=C(C)C. The molecule has 0 spiro atoms. The van der Waals surface area contributed by atoms with Crippen LogP contribution < -0.4 is 14.9 Å². The molecule has 5 heteroatoms. The lowest BCUT2D eigenvalue weighted by Gasteiger charge is -2.15. The van der Waals surface area contributed by atoms with Crippen molar-refractivity contribution < 1.29 is 13.9 Å². The maximum absolute atomic E-state index is 13.5. The predicted octanol–water partition coefficient (Wildman–Crippen LogP) is 5.47. The third-order valence-electron chi connectivity index (χ3n) is 5.09. The molecule has 0 unspecified atom stereocenters. The van der Waals surface area contributed by atoms with Crippen molar-refractivity contribution in [3.8, 4) is 22.6 Å². The number of aromatic nitrogens is 1. The predicted molar refractivity (Wildman–Crippen MR) is 116 cm³/mol. The lowest BCUT2D eigenvalue weighted by atomic mass is 10.00. The summed E-state index contributed by atoms with van der Waals surface area (Å²) in [5, 5.41) is 1.46. The number of H-pyrrole nitrogens is 1. The zero-order valence-corrected chi connectivity index (χ0v) is 17.0. The van der Waals surface area contributed by atoms with Gasteiger partial charge in [-0.1, -0.05) is 17.7 Å². The number of allylic oxidation sites excluding steroid dienone is 2. The summed E-state index contributed by atoms with van der Waals surface area (Å²) in [5.74, 6) is 1.13. The highest BCUT2D eigenvalue weighted by Gasteiger charge is 2.20. The summed E-state index contributed by atoms with van der Waals surface area (Å²) in [5.41, 5.74) is 4.64. The van der Waals surface area contributed by atoms with Crippen LogP contribution in [0.5, 0.6) is 11.5 Å². The van der Waals surface area contributed by atoms with E-state index in [-0.39, 0.29) is 5.43 Å². The first-order valence-corrected chi connectivity index (χ1v) is 9.43. The number of methoxy groups -OCH3 is 2. The Morgan fingerprint density at radius 1 is 1.14 bits per heavy atom. The van der Waals surface area contributed by atoms with E-state index in [9.17, 15) is 4.79 Å². The second kappa shape index (κ2) is 7.51. The highest BCUT2D eigenvalue weighted by atomic mass is 16.5. The fourth-order valence-electron chi connectivity index (χ4n) is 3.60. The first-order chi connectivity index (χ1) is 14.0. The van der Waals surface area contributed by atoms with Crippen molar-refractivity contribution >= 4 is 21.9 Å². The molecule has 0 amide bonds. The molecule has 0 aliphatic heterocycles. The number of hydrogen-bond donors (Lipinski definition) is 1. The molecular formula is C24H23NO4. The van der Waals surface area contributed by atoms with E-state index in [0.717, 1.165) is 22.0 Å². The minimum Gasteiger partial charge on any atom is -0.496 e. The molecule has 0 saturated heterocycles. The number of ether oxygens (including phenoxy) is 2. The Bertz CT molecular complexity index is 1290. The fourth-order valence-corrected chi connectivity index (χ4v) is 3.60. The van der Waals surface area contributed by atoms with Gasteiger partial charge in [-0.15, -0.1) is 0 Å². The van der Waals surface area contributed by atoms with Crippen molar-refractivity contribution in [1.82, 2.24) is 4.98 Å². The Balaban J connectivity index is 1.99. The number of hydrogen-bond acceptors (Lipinski definition) is 4. The van der Waals surface area contributed by atoms with Gasteiger partial charge in [0, 0.05) is 23.3 Å². The monoisotopic (exact) mass is 389 g/mol. The number of nitrogens with one attached hydrogen (secondary N) is 1. The van der Waals surface area contributed by atoms with Gasteiger partial charge in [0.15, 0.2) is 0 Å². The lowest BCUT2D eigenvalue weighted by molar-refractivity contribution is 0.389. The van der Waals surface area contributed by atoms with Crippen molar-refractivity contribution in [3.05, 3.63) is 70.2 Å². The molecule has 148 valence electrons. The van der Waals surface area contributed by atoms with Crippen LogP contribution in [0.25, 0.3) is 33.0 Å². The van der Waals surface area contributed by atoms with Crippen LogP contribution in [0, 0.1) is 0 Å². The molecule has 0 fully saturated rings. The van der Waals surface area contributed by atoms with E-state index in [4.69, 9.17) is 13.9 Å². The summed E-state index contributed by atoms with van der Waals surface area (Å²) in [6.07, 6.45) is 6.07. The van der Waals surface area contributed by atoms with Gasteiger partial charge in [-0.3, -0.25) is 4.79 Å². The molecule has 4 aromatic rings. The zero-order chi connectivity index (χ0) is 20.5. The minimum atomic E-state index is -0.126. The van der Waals surface area contributed by atoms with Gasteiger partial charge in [0.1, 0.15) is 28.7 Å². The molecule has 29 heavy (non-hydrogen) atoms. The fraction of sp³-hybridized carbons (Fsp3) is 0.208. The molecule has 0 saturated carbocycles. The summed E-state index contributed by atoms with van der Waals surface area (Å²) in [6, 6.07) is 9.58. The van der Waals surface area contributed by atoms with Crippen LogP contribution in [0.4, 0.5) is 0 Å². The molecule has 2 heterocycles. The standard InChI is InChI=1S/C24H23NO4/c1-14(2)5-7-17-20(27-3)12-21-22(24(17)28-4)23(26)18(13-29-21)15-6-8-19-16(11-15)9-10-25-19/h5-6,8-13,25H,7H2,1-4H3. The van der Waals surface area contributed by atoms with Crippen molar-refractivity contribution in [2.75, 3.05) is 14.2 Å². The molecule has 4 rings (SSSR count). The topological polar surface area (TPSA) is 64.5 Å². The van der Waals surface area contributed by atoms with Crippen LogP contribution in [0.1, 0.15) is 19.4 Å². The number of benzene rings is 2. The molecule has 0 bridgehead atoms. The van der Waals surface area contributed by atoms with Gasteiger partial charge < -0.3 is 18.9 Å². The van der Waals surface area contributed by atoms with Crippen molar-refractivity contribution in [3.63, 3.8) is 0 Å². The Kier molecular flexibility index (Phi) is 4.89. The average Bonchev–Trinajstić information content (AvgIpc) is 3.19. The van der Waals surface area contributed by atoms with Crippen LogP contribution in [0.3, 0.4) is 0 Å². The highest BCUT2D eigenvalue weighted by Crippen LogP contribution is 2.37. The second-order valence-electron chi connectivity index (χ2n) is 7.21. The van der Waals surface area contributed by atoms with Gasteiger partial charge in [0.05, 0.1) is 19.8 Å². The third-order valence-corrected chi connectivity index (χ3v) is 5.09. The Morgan fingerprint density at radius 3 is 2.69 bits per heavy atom. The van der Waals surface area contributed by atoms with Gasteiger partial charge in [-0.2, -0.15) is 0 Å². The molecule has 0 aliphatic rings. The molecule has 0 atom stereocenters. The smallest absolute Gasteiger partial charge is 0.204 e. The summed E-state index contributed by atoms with van der Waals surface area (Å²) in [4.78, 5) is 16.6. The summed E-state index contributed by atoms with van der Waals surface area (Å²) in [7, 11) is 3.17.